The minimum Gasteiger partial charge on any atom is -0.497 e. The average Bonchev–Trinajstić information content (AvgIpc) is 3.23. The van der Waals surface area contributed by atoms with Crippen molar-refractivity contribution in [3.63, 3.8) is 0 Å². The Balaban J connectivity index is 0.00000259. The highest BCUT2D eigenvalue weighted by Crippen LogP contribution is 2.31. The van der Waals surface area contributed by atoms with Crippen LogP contribution >= 0.6 is 23.7 Å². The predicted molar refractivity (Wildman–Crippen MR) is 135 cm³/mol. The van der Waals surface area contributed by atoms with Gasteiger partial charge >= 0.3 is 6.03 Å². The van der Waals surface area contributed by atoms with Gasteiger partial charge in [-0.3, -0.25) is 4.79 Å². The normalized spacial score (nSPS) is 21.2. The van der Waals surface area contributed by atoms with E-state index >= 15 is 0 Å². The van der Waals surface area contributed by atoms with Gasteiger partial charge < -0.3 is 25.6 Å². The largest absolute Gasteiger partial charge is 0.497 e. The molecule has 0 saturated carbocycles. The number of anilines is 2. The monoisotopic (exact) mass is 486 g/mol. The zero-order valence-corrected chi connectivity index (χ0v) is 19.9. The molecule has 3 N–H and O–H groups in total. The molecule has 0 unspecified atom stereocenters. The minimum absolute atomic E-state index is 0. The van der Waals surface area contributed by atoms with Crippen LogP contribution in [-0.4, -0.2) is 49.6 Å². The highest BCUT2D eigenvalue weighted by molar-refractivity contribution is 7.20. The van der Waals surface area contributed by atoms with Gasteiger partial charge in [0.05, 0.1) is 12.0 Å². The number of hydrogen-bond acceptors (Lipinski definition) is 5. The van der Waals surface area contributed by atoms with Crippen LogP contribution in [0, 0.1) is 5.92 Å². The molecule has 0 aliphatic carbocycles. The van der Waals surface area contributed by atoms with E-state index in [9.17, 15) is 9.59 Å². The third kappa shape index (κ3) is 5.24. The van der Waals surface area contributed by atoms with Crippen LogP contribution in [0.5, 0.6) is 5.75 Å². The van der Waals surface area contributed by atoms with Gasteiger partial charge in [0.2, 0.25) is 0 Å². The van der Waals surface area contributed by atoms with Crippen LogP contribution in [-0.2, 0) is 0 Å². The predicted octanol–water partition coefficient (Wildman–Crippen LogP) is 4.80. The summed E-state index contributed by atoms with van der Waals surface area (Å²) in [4.78, 5) is 28.4. The molecule has 0 spiro atoms. The second-order valence-electron chi connectivity index (χ2n) is 8.39. The average molecular weight is 487 g/mol. The molecule has 174 valence electrons. The summed E-state index contributed by atoms with van der Waals surface area (Å²) in [6.45, 7) is 3.26. The van der Waals surface area contributed by atoms with Crippen molar-refractivity contribution in [3.05, 3.63) is 53.4 Å². The van der Waals surface area contributed by atoms with Crippen LogP contribution in [0.25, 0.3) is 10.1 Å². The minimum atomic E-state index is -0.338. The third-order valence-corrected chi connectivity index (χ3v) is 7.40. The number of hydrogen-bond donors (Lipinski definition) is 3. The number of thiophene rings is 1. The molecule has 3 saturated heterocycles. The molecule has 9 heteroatoms. The zero-order valence-electron chi connectivity index (χ0n) is 18.3. The van der Waals surface area contributed by atoms with Crippen molar-refractivity contribution in [1.82, 2.24) is 10.2 Å². The molecule has 33 heavy (non-hydrogen) atoms. The summed E-state index contributed by atoms with van der Waals surface area (Å²) < 4.78 is 6.14. The molecule has 3 aromatic rings. The Hall–Kier alpha value is -2.81. The standard InChI is InChI=1S/C24H26N4O3S.ClH/c1-31-19-4-2-3-17(12-19)25-24(30)26-18-6-5-16-11-22(32-21(16)13-18)23(29)27-20-14-28-9-7-15(20)8-10-28;/h2-6,11-13,15,20H,7-10,14H2,1H3,(H,27,29)(H2,25,26,30);1H/t20-;/m0./s1. The van der Waals surface area contributed by atoms with E-state index in [4.69, 9.17) is 4.74 Å². The molecular formula is C24H27ClN4O3S. The first-order valence-electron chi connectivity index (χ1n) is 10.9. The SMILES string of the molecule is COc1cccc(NC(=O)Nc2ccc3cc(C(=O)N[C@H]4CN5CCC4CC5)sc3c2)c1.Cl. The Morgan fingerprint density at radius 3 is 2.48 bits per heavy atom. The third-order valence-electron chi connectivity index (χ3n) is 6.30. The van der Waals surface area contributed by atoms with Gasteiger partial charge in [-0.25, -0.2) is 4.79 Å². The van der Waals surface area contributed by atoms with E-state index in [1.54, 1.807) is 19.2 Å². The van der Waals surface area contributed by atoms with Gasteiger partial charge in [-0.05, 0) is 67.6 Å². The van der Waals surface area contributed by atoms with Crippen LogP contribution in [0.15, 0.2) is 48.5 Å². The number of carbonyl (C=O) groups is 2. The number of ether oxygens (including phenoxy) is 1. The van der Waals surface area contributed by atoms with E-state index in [2.05, 4.69) is 20.9 Å². The number of rotatable bonds is 5. The molecule has 1 aromatic heterocycles. The first-order chi connectivity index (χ1) is 15.6. The maximum Gasteiger partial charge on any atom is 0.323 e. The number of fused-ring (bicyclic) bond motifs is 4. The second-order valence-corrected chi connectivity index (χ2v) is 9.48. The Morgan fingerprint density at radius 2 is 1.79 bits per heavy atom. The molecule has 2 aromatic carbocycles. The van der Waals surface area contributed by atoms with Crippen LogP contribution in [0.3, 0.4) is 0 Å². The van der Waals surface area contributed by atoms with Crippen LogP contribution in [0.4, 0.5) is 16.2 Å². The fourth-order valence-electron chi connectivity index (χ4n) is 4.58. The summed E-state index contributed by atoms with van der Waals surface area (Å²) in [6.07, 6.45) is 2.34. The maximum absolute atomic E-state index is 12.9. The maximum atomic E-state index is 12.9. The number of nitrogens with one attached hydrogen (secondary N) is 3. The molecule has 7 nitrogen and oxygen atoms in total. The van der Waals surface area contributed by atoms with Gasteiger partial charge in [-0.2, -0.15) is 0 Å². The fraction of sp³-hybridized carbons (Fsp3) is 0.333. The van der Waals surface area contributed by atoms with Crippen molar-refractivity contribution in [3.8, 4) is 5.75 Å². The lowest BCUT2D eigenvalue weighted by Crippen LogP contribution is -2.57. The topological polar surface area (TPSA) is 82.7 Å². The van der Waals surface area contributed by atoms with E-state index in [0.717, 1.165) is 29.7 Å². The molecular weight excluding hydrogens is 460 g/mol. The molecule has 3 aliphatic heterocycles. The first-order valence-corrected chi connectivity index (χ1v) is 11.7. The van der Waals surface area contributed by atoms with Gasteiger partial charge in [-0.1, -0.05) is 12.1 Å². The van der Waals surface area contributed by atoms with Crippen LogP contribution < -0.4 is 20.7 Å². The van der Waals surface area contributed by atoms with E-state index < -0.39 is 0 Å². The van der Waals surface area contributed by atoms with Gasteiger partial charge in [-0.15, -0.1) is 23.7 Å². The van der Waals surface area contributed by atoms with E-state index in [1.165, 1.54) is 24.2 Å². The lowest BCUT2D eigenvalue weighted by Gasteiger charge is -2.44. The first kappa shape index (κ1) is 23.4. The summed E-state index contributed by atoms with van der Waals surface area (Å²) in [6, 6.07) is 14.7. The Morgan fingerprint density at radius 1 is 1.03 bits per heavy atom. The van der Waals surface area contributed by atoms with Gasteiger partial charge in [0, 0.05) is 34.7 Å². The lowest BCUT2D eigenvalue weighted by atomic mass is 9.84. The van der Waals surface area contributed by atoms with Gasteiger partial charge in [0.25, 0.3) is 5.91 Å². The lowest BCUT2D eigenvalue weighted by molar-refractivity contribution is 0.0622. The van der Waals surface area contributed by atoms with Gasteiger partial charge in [0.1, 0.15) is 5.75 Å². The number of halogens is 1. The van der Waals surface area contributed by atoms with Crippen molar-refractivity contribution in [1.29, 1.82) is 0 Å². The quantitative estimate of drug-likeness (QED) is 0.483. The number of urea groups is 1. The number of nitrogens with zero attached hydrogens (tertiary/aromatic N) is 1. The van der Waals surface area contributed by atoms with Crippen LogP contribution in [0.1, 0.15) is 22.5 Å². The zero-order chi connectivity index (χ0) is 22.1. The number of carbonyl (C=O) groups excluding carboxylic acids is 2. The summed E-state index contributed by atoms with van der Waals surface area (Å²) in [5.74, 6) is 1.26. The second kappa shape index (κ2) is 9.99. The summed E-state index contributed by atoms with van der Waals surface area (Å²) >= 11 is 1.45. The summed E-state index contributed by atoms with van der Waals surface area (Å²) in [5.41, 5.74) is 1.31. The number of piperidine rings is 3. The summed E-state index contributed by atoms with van der Waals surface area (Å²) in [5, 5.41) is 9.90. The van der Waals surface area contributed by atoms with Crippen molar-refractivity contribution in [2.45, 2.75) is 18.9 Å². The fourth-order valence-corrected chi connectivity index (χ4v) is 5.59. The highest BCUT2D eigenvalue weighted by Gasteiger charge is 2.35. The number of methoxy groups -OCH3 is 1. The smallest absolute Gasteiger partial charge is 0.323 e. The molecule has 3 amide bonds. The molecule has 1 atom stereocenters. The van der Waals surface area contributed by atoms with Crippen molar-refractivity contribution >= 4 is 57.1 Å². The van der Waals surface area contributed by atoms with Crippen LogP contribution in [0.2, 0.25) is 0 Å². The van der Waals surface area contributed by atoms with Gasteiger partial charge in [0.15, 0.2) is 0 Å². The number of benzene rings is 2. The Kier molecular flexibility index (Phi) is 7.07. The van der Waals surface area contributed by atoms with E-state index in [-0.39, 0.29) is 30.4 Å². The molecule has 3 fully saturated rings. The summed E-state index contributed by atoms with van der Waals surface area (Å²) in [7, 11) is 1.58. The van der Waals surface area contributed by atoms with E-state index in [0.29, 0.717) is 27.9 Å². The number of amides is 3. The van der Waals surface area contributed by atoms with E-state index in [1.807, 2.05) is 36.4 Å². The molecule has 6 rings (SSSR count). The Labute approximate surface area is 202 Å². The van der Waals surface area contributed by atoms with Crippen molar-refractivity contribution in [2.75, 3.05) is 37.4 Å². The molecule has 2 bridgehead atoms. The Bertz CT molecular complexity index is 1160. The molecule has 4 heterocycles. The van der Waals surface area contributed by atoms with Crippen molar-refractivity contribution < 1.29 is 14.3 Å². The molecule has 0 radical (unpaired) electrons. The van der Waals surface area contributed by atoms with Crippen molar-refractivity contribution in [2.24, 2.45) is 5.92 Å². The molecule has 3 aliphatic rings. The highest BCUT2D eigenvalue weighted by atomic mass is 35.5.